The van der Waals surface area contributed by atoms with E-state index >= 15 is 0 Å². The fraction of sp³-hybridized carbons (Fsp3) is 0. The Morgan fingerprint density at radius 2 is 1.02 bits per heavy atom. The number of furan rings is 1. The Kier molecular flexibility index (Phi) is 7.64. The quantitative estimate of drug-likeness (QED) is 0.171. The van der Waals surface area contributed by atoms with Gasteiger partial charge in [-0.15, -0.1) is 11.3 Å². The minimum Gasteiger partial charge on any atom is -0.455 e. The second kappa shape index (κ2) is 13.3. The molecule has 0 aliphatic carbocycles. The Hall–Kier alpha value is -7.21. The maximum Gasteiger partial charge on any atom is 0.161 e. The van der Waals surface area contributed by atoms with Gasteiger partial charge in [-0.1, -0.05) is 140 Å². The van der Waals surface area contributed by atoms with Crippen molar-refractivity contribution in [3.63, 3.8) is 0 Å². The summed E-state index contributed by atoms with van der Waals surface area (Å²) in [6.07, 6.45) is 3.64. The molecule has 0 saturated heterocycles. The molecule has 0 saturated carbocycles. The van der Waals surface area contributed by atoms with E-state index in [-0.39, 0.29) is 0 Å². The molecule has 0 fully saturated rings. The van der Waals surface area contributed by atoms with Crippen LogP contribution in [0.5, 0.6) is 0 Å². The van der Waals surface area contributed by atoms with Gasteiger partial charge in [0.1, 0.15) is 11.2 Å². The van der Waals surface area contributed by atoms with Crippen LogP contribution < -0.4 is 0 Å². The summed E-state index contributed by atoms with van der Waals surface area (Å²) in [7, 11) is 0. The second-order valence-electron chi connectivity index (χ2n) is 13.9. The van der Waals surface area contributed by atoms with Gasteiger partial charge in [0.25, 0.3) is 0 Å². The molecular formula is C51H31N3OS. The van der Waals surface area contributed by atoms with Crippen LogP contribution in [0.25, 0.3) is 109 Å². The van der Waals surface area contributed by atoms with Gasteiger partial charge >= 0.3 is 0 Å². The van der Waals surface area contributed by atoms with E-state index in [0.717, 1.165) is 77.8 Å². The Morgan fingerprint density at radius 1 is 0.411 bits per heavy atom. The predicted octanol–water partition coefficient (Wildman–Crippen LogP) is 14.1. The molecule has 5 heteroatoms. The van der Waals surface area contributed by atoms with Crippen LogP contribution >= 0.6 is 11.3 Å². The highest BCUT2D eigenvalue weighted by Gasteiger charge is 2.20. The number of pyridine rings is 1. The molecule has 0 N–H and O–H groups in total. The topological polar surface area (TPSA) is 51.8 Å². The van der Waals surface area contributed by atoms with E-state index in [1.807, 2.05) is 66.2 Å². The molecule has 0 amide bonds. The first-order valence-corrected chi connectivity index (χ1v) is 19.5. The molecule has 0 aliphatic rings. The molecule has 4 heterocycles. The minimum atomic E-state index is 0.675. The number of benzene rings is 7. The van der Waals surface area contributed by atoms with Gasteiger partial charge in [0.05, 0.1) is 11.4 Å². The van der Waals surface area contributed by atoms with Crippen molar-refractivity contribution in [2.75, 3.05) is 0 Å². The normalized spacial score (nSPS) is 11.6. The summed E-state index contributed by atoms with van der Waals surface area (Å²) < 4.78 is 9.31. The SMILES string of the molecule is c1ccc(-c2cc(-c3ccc(-c4ccc(-c5cccc6c5sc5ccccc56)c5oc6ccccc6c45)cc3)nc(-c3ccccc3-c3ccncc3)n2)cc1. The maximum atomic E-state index is 6.75. The number of nitrogens with zero attached hydrogens (tertiary/aromatic N) is 3. The van der Waals surface area contributed by atoms with Crippen LogP contribution in [-0.4, -0.2) is 15.0 Å². The molecule has 11 aromatic rings. The Balaban J connectivity index is 1.05. The third kappa shape index (κ3) is 5.40. The molecule has 0 bridgehead atoms. The van der Waals surface area contributed by atoms with Crippen molar-refractivity contribution < 1.29 is 4.42 Å². The van der Waals surface area contributed by atoms with Crippen LogP contribution in [0.4, 0.5) is 0 Å². The van der Waals surface area contributed by atoms with Crippen molar-refractivity contribution in [1.29, 1.82) is 0 Å². The van der Waals surface area contributed by atoms with Crippen molar-refractivity contribution in [3.05, 3.63) is 188 Å². The molecule has 0 radical (unpaired) electrons. The van der Waals surface area contributed by atoms with E-state index in [1.165, 1.54) is 25.7 Å². The molecule has 4 nitrogen and oxygen atoms in total. The summed E-state index contributed by atoms with van der Waals surface area (Å²) in [5.41, 5.74) is 13.2. The van der Waals surface area contributed by atoms with E-state index in [2.05, 4.69) is 138 Å². The highest BCUT2D eigenvalue weighted by molar-refractivity contribution is 7.26. The van der Waals surface area contributed by atoms with Crippen molar-refractivity contribution in [2.24, 2.45) is 0 Å². The molecule has 7 aromatic carbocycles. The molecule has 4 aromatic heterocycles. The molecule has 0 aliphatic heterocycles. The lowest BCUT2D eigenvalue weighted by atomic mass is 9.93. The summed E-state index contributed by atoms with van der Waals surface area (Å²) in [5, 5.41) is 4.79. The van der Waals surface area contributed by atoms with Crippen molar-refractivity contribution in [2.45, 2.75) is 0 Å². The third-order valence-electron chi connectivity index (χ3n) is 10.7. The average Bonchev–Trinajstić information content (AvgIpc) is 3.86. The average molecular weight is 734 g/mol. The highest BCUT2D eigenvalue weighted by Crippen LogP contribution is 2.46. The van der Waals surface area contributed by atoms with E-state index in [4.69, 9.17) is 14.4 Å². The van der Waals surface area contributed by atoms with E-state index < -0.39 is 0 Å². The zero-order valence-electron chi connectivity index (χ0n) is 30.1. The Bertz CT molecular complexity index is 3240. The van der Waals surface area contributed by atoms with E-state index in [1.54, 1.807) is 0 Å². The summed E-state index contributed by atoms with van der Waals surface area (Å²) >= 11 is 1.84. The van der Waals surface area contributed by atoms with Crippen LogP contribution in [0, 0.1) is 0 Å². The molecule has 11 rings (SSSR count). The van der Waals surface area contributed by atoms with Gasteiger partial charge in [-0.05, 0) is 58.7 Å². The van der Waals surface area contributed by atoms with Crippen LogP contribution in [0.15, 0.2) is 193 Å². The number of thiophene rings is 1. The summed E-state index contributed by atoms with van der Waals surface area (Å²) in [6, 6.07) is 61.6. The van der Waals surface area contributed by atoms with Gasteiger partial charge in [-0.3, -0.25) is 4.98 Å². The number of hydrogen-bond donors (Lipinski definition) is 0. The van der Waals surface area contributed by atoms with Gasteiger partial charge in [0.15, 0.2) is 5.82 Å². The lowest BCUT2D eigenvalue weighted by Crippen LogP contribution is -1.97. The lowest BCUT2D eigenvalue weighted by molar-refractivity contribution is 0.670. The van der Waals surface area contributed by atoms with Crippen LogP contribution in [0.1, 0.15) is 0 Å². The third-order valence-corrected chi connectivity index (χ3v) is 11.9. The Labute approximate surface area is 327 Å². The molecule has 0 spiro atoms. The first-order valence-electron chi connectivity index (χ1n) is 18.7. The predicted molar refractivity (Wildman–Crippen MR) is 233 cm³/mol. The number of para-hydroxylation sites is 1. The van der Waals surface area contributed by atoms with E-state index in [9.17, 15) is 0 Å². The van der Waals surface area contributed by atoms with Gasteiger partial charge < -0.3 is 4.42 Å². The van der Waals surface area contributed by atoms with E-state index in [0.29, 0.717) is 5.82 Å². The van der Waals surface area contributed by atoms with Crippen molar-refractivity contribution in [1.82, 2.24) is 15.0 Å². The largest absolute Gasteiger partial charge is 0.455 e. The summed E-state index contributed by atoms with van der Waals surface area (Å²) in [6.45, 7) is 0. The Morgan fingerprint density at radius 3 is 1.84 bits per heavy atom. The molecule has 0 atom stereocenters. The monoisotopic (exact) mass is 733 g/mol. The van der Waals surface area contributed by atoms with Crippen LogP contribution in [0.3, 0.4) is 0 Å². The molecular weight excluding hydrogens is 703 g/mol. The summed E-state index contributed by atoms with van der Waals surface area (Å²) in [4.78, 5) is 14.6. The summed E-state index contributed by atoms with van der Waals surface area (Å²) in [5.74, 6) is 0.675. The molecule has 0 unspecified atom stereocenters. The van der Waals surface area contributed by atoms with Gasteiger partial charge in [0.2, 0.25) is 0 Å². The zero-order chi connectivity index (χ0) is 37.0. The maximum absolute atomic E-state index is 6.75. The number of fused-ring (bicyclic) bond motifs is 6. The first-order chi connectivity index (χ1) is 27.8. The van der Waals surface area contributed by atoms with Gasteiger partial charge in [-0.25, -0.2) is 9.97 Å². The van der Waals surface area contributed by atoms with Crippen molar-refractivity contribution >= 4 is 53.4 Å². The second-order valence-corrected chi connectivity index (χ2v) is 15.0. The zero-order valence-corrected chi connectivity index (χ0v) is 30.9. The fourth-order valence-electron chi connectivity index (χ4n) is 7.99. The fourth-order valence-corrected chi connectivity index (χ4v) is 9.22. The standard InChI is InChI=1S/C51H31N3OS/c1-2-11-34(12-3-1)44-31-45(54-51(53-44)42-15-5-4-13-36(42)33-27-29-52-30-28-33)35-23-21-32(22-24-35)37-25-26-39(49-48(37)43-16-6-8-19-46(43)55-49)41-18-10-17-40-38-14-7-9-20-47(38)56-50(40)41/h1-31H. The van der Waals surface area contributed by atoms with Crippen LogP contribution in [-0.2, 0) is 0 Å². The van der Waals surface area contributed by atoms with Crippen LogP contribution in [0.2, 0.25) is 0 Å². The highest BCUT2D eigenvalue weighted by atomic mass is 32.1. The molecule has 262 valence electrons. The number of rotatable bonds is 6. The van der Waals surface area contributed by atoms with Gasteiger partial charge in [-0.2, -0.15) is 0 Å². The number of hydrogen-bond acceptors (Lipinski definition) is 5. The van der Waals surface area contributed by atoms with Gasteiger partial charge in [0, 0.05) is 71.2 Å². The van der Waals surface area contributed by atoms with Crippen molar-refractivity contribution in [3.8, 4) is 67.3 Å². The lowest BCUT2D eigenvalue weighted by Gasteiger charge is -2.13. The first kappa shape index (κ1) is 32.2. The minimum absolute atomic E-state index is 0.675. The molecule has 56 heavy (non-hydrogen) atoms. The smallest absolute Gasteiger partial charge is 0.161 e. The number of aromatic nitrogens is 3.